The van der Waals surface area contributed by atoms with E-state index in [-0.39, 0.29) is 0 Å². The van der Waals surface area contributed by atoms with Crippen LogP contribution < -0.4 is 0 Å². The lowest BCUT2D eigenvalue weighted by atomic mass is 9.95. The number of hydrogen-bond acceptors (Lipinski definition) is 1. The summed E-state index contributed by atoms with van der Waals surface area (Å²) < 4.78 is 0. The number of allylic oxidation sites excluding steroid dienone is 1. The molecule has 0 aliphatic carbocycles. The number of rotatable bonds is 3. The maximum Gasteiger partial charge on any atom is 0.0230 e. The van der Waals surface area contributed by atoms with Crippen LogP contribution in [0.25, 0.3) is 0 Å². The second-order valence-corrected chi connectivity index (χ2v) is 5.02. The van der Waals surface area contributed by atoms with Crippen molar-refractivity contribution in [2.75, 3.05) is 6.54 Å². The predicted octanol–water partition coefficient (Wildman–Crippen LogP) is 3.28. The maximum atomic E-state index is 3.99. The molecular formula is C11H23N. The summed E-state index contributed by atoms with van der Waals surface area (Å²) in [6.45, 7) is 18.3. The first-order valence-electron chi connectivity index (χ1n) is 4.66. The molecule has 1 heteroatoms. The molecule has 0 aromatic carbocycles. The van der Waals surface area contributed by atoms with E-state index in [0.29, 0.717) is 11.5 Å². The van der Waals surface area contributed by atoms with Gasteiger partial charge in [0.05, 0.1) is 0 Å². The zero-order valence-electron chi connectivity index (χ0n) is 9.44. The summed E-state index contributed by atoms with van der Waals surface area (Å²) in [4.78, 5) is 2.35. The fraction of sp³-hybridized carbons (Fsp3) is 0.818. The largest absolute Gasteiger partial charge is 0.373 e. The molecule has 0 unspecified atom stereocenters. The molecule has 72 valence electrons. The lowest BCUT2D eigenvalue weighted by Crippen LogP contribution is -2.36. The highest BCUT2D eigenvalue weighted by Crippen LogP contribution is 2.19. The molecule has 0 aliphatic heterocycles. The van der Waals surface area contributed by atoms with Crippen LogP contribution in [0.2, 0.25) is 0 Å². The van der Waals surface area contributed by atoms with Crippen LogP contribution in [0.1, 0.15) is 41.5 Å². The Morgan fingerprint density at radius 3 is 1.83 bits per heavy atom. The van der Waals surface area contributed by atoms with Crippen molar-refractivity contribution in [1.29, 1.82) is 0 Å². The first-order chi connectivity index (χ1) is 5.24. The molecule has 0 aliphatic rings. The van der Waals surface area contributed by atoms with Crippen molar-refractivity contribution < 1.29 is 0 Å². The molecule has 0 aromatic heterocycles. The summed E-state index contributed by atoms with van der Waals surface area (Å²) in [6, 6.07) is 0.557. The fourth-order valence-corrected chi connectivity index (χ4v) is 1.27. The maximum absolute atomic E-state index is 3.99. The Morgan fingerprint density at radius 2 is 1.75 bits per heavy atom. The smallest absolute Gasteiger partial charge is 0.0230 e. The van der Waals surface area contributed by atoms with Crippen molar-refractivity contribution in [2.45, 2.75) is 47.6 Å². The predicted molar refractivity (Wildman–Crippen MR) is 56.1 cm³/mol. The van der Waals surface area contributed by atoms with Crippen molar-refractivity contribution in [3.63, 3.8) is 0 Å². The SMILES string of the molecule is C=C(C)N(CC(C)(C)C)C(C)C. The highest BCUT2D eigenvalue weighted by atomic mass is 15.2. The second kappa shape index (κ2) is 3.97. The summed E-state index contributed by atoms with van der Waals surface area (Å²) in [6.07, 6.45) is 0. The molecule has 0 saturated carbocycles. The monoisotopic (exact) mass is 169 g/mol. The van der Waals surface area contributed by atoms with Gasteiger partial charge >= 0.3 is 0 Å². The van der Waals surface area contributed by atoms with E-state index in [0.717, 1.165) is 6.54 Å². The van der Waals surface area contributed by atoms with Gasteiger partial charge in [0.25, 0.3) is 0 Å². The Balaban J connectivity index is 4.25. The normalized spacial score (nSPS) is 11.9. The van der Waals surface area contributed by atoms with Gasteiger partial charge in [-0.25, -0.2) is 0 Å². The standard InChI is InChI=1S/C11H23N/c1-9(2)12(10(3)4)8-11(5,6)7/h10H,1,8H2,2-7H3. The van der Waals surface area contributed by atoms with Gasteiger partial charge in [-0.2, -0.15) is 0 Å². The Labute approximate surface area is 77.5 Å². The van der Waals surface area contributed by atoms with Gasteiger partial charge in [0.1, 0.15) is 0 Å². The molecule has 0 radical (unpaired) electrons. The third-order valence-electron chi connectivity index (χ3n) is 1.76. The van der Waals surface area contributed by atoms with E-state index in [4.69, 9.17) is 0 Å². The quantitative estimate of drug-likeness (QED) is 0.626. The van der Waals surface area contributed by atoms with Crippen LogP contribution in [-0.2, 0) is 0 Å². The molecular weight excluding hydrogens is 146 g/mol. The molecule has 0 bridgehead atoms. The lowest BCUT2D eigenvalue weighted by molar-refractivity contribution is 0.199. The molecule has 0 fully saturated rings. The third-order valence-corrected chi connectivity index (χ3v) is 1.76. The fourth-order valence-electron chi connectivity index (χ4n) is 1.27. The van der Waals surface area contributed by atoms with E-state index in [2.05, 4.69) is 53.0 Å². The Hall–Kier alpha value is -0.460. The van der Waals surface area contributed by atoms with Crippen LogP contribution in [0, 0.1) is 5.41 Å². The molecule has 0 aromatic rings. The Morgan fingerprint density at radius 1 is 1.33 bits per heavy atom. The van der Waals surface area contributed by atoms with Gasteiger partial charge in [-0.05, 0) is 26.2 Å². The lowest BCUT2D eigenvalue weighted by Gasteiger charge is -2.35. The average molecular weight is 169 g/mol. The molecule has 12 heavy (non-hydrogen) atoms. The second-order valence-electron chi connectivity index (χ2n) is 5.02. The van der Waals surface area contributed by atoms with Crippen LogP contribution in [0.5, 0.6) is 0 Å². The summed E-state index contributed by atoms with van der Waals surface area (Å²) in [5, 5.41) is 0. The first kappa shape index (κ1) is 11.5. The molecule has 1 nitrogen and oxygen atoms in total. The van der Waals surface area contributed by atoms with E-state index < -0.39 is 0 Å². The van der Waals surface area contributed by atoms with E-state index in [1.54, 1.807) is 0 Å². The molecule has 0 heterocycles. The summed E-state index contributed by atoms with van der Waals surface area (Å²) in [5.41, 5.74) is 1.52. The Bertz CT molecular complexity index is 151. The van der Waals surface area contributed by atoms with Gasteiger partial charge in [0.15, 0.2) is 0 Å². The highest BCUT2D eigenvalue weighted by molar-refractivity contribution is 4.92. The molecule has 0 N–H and O–H groups in total. The van der Waals surface area contributed by atoms with Gasteiger partial charge in [-0.3, -0.25) is 0 Å². The van der Waals surface area contributed by atoms with Crippen molar-refractivity contribution in [2.24, 2.45) is 5.41 Å². The zero-order valence-corrected chi connectivity index (χ0v) is 9.44. The number of hydrogen-bond donors (Lipinski definition) is 0. The van der Waals surface area contributed by atoms with Gasteiger partial charge in [0.2, 0.25) is 0 Å². The number of nitrogens with zero attached hydrogens (tertiary/aromatic N) is 1. The first-order valence-corrected chi connectivity index (χ1v) is 4.66. The zero-order chi connectivity index (χ0) is 9.94. The van der Waals surface area contributed by atoms with Crippen molar-refractivity contribution in [3.05, 3.63) is 12.3 Å². The topological polar surface area (TPSA) is 3.24 Å². The van der Waals surface area contributed by atoms with E-state index in [9.17, 15) is 0 Å². The van der Waals surface area contributed by atoms with Gasteiger partial charge in [0, 0.05) is 18.3 Å². The molecule has 0 rings (SSSR count). The summed E-state index contributed by atoms with van der Waals surface area (Å²) >= 11 is 0. The molecule has 0 saturated heterocycles. The van der Waals surface area contributed by atoms with Crippen LogP contribution in [-0.4, -0.2) is 17.5 Å². The van der Waals surface area contributed by atoms with Crippen molar-refractivity contribution in [3.8, 4) is 0 Å². The van der Waals surface area contributed by atoms with Crippen LogP contribution in [0.3, 0.4) is 0 Å². The minimum atomic E-state index is 0.350. The average Bonchev–Trinajstić information content (AvgIpc) is 1.79. The molecule has 0 spiro atoms. The Kier molecular flexibility index (Phi) is 3.82. The summed E-state index contributed by atoms with van der Waals surface area (Å²) in [7, 11) is 0. The van der Waals surface area contributed by atoms with Crippen LogP contribution in [0.15, 0.2) is 12.3 Å². The highest BCUT2D eigenvalue weighted by Gasteiger charge is 2.17. The van der Waals surface area contributed by atoms with Crippen LogP contribution in [0.4, 0.5) is 0 Å². The molecule has 0 amide bonds. The van der Waals surface area contributed by atoms with Gasteiger partial charge < -0.3 is 4.90 Å². The minimum Gasteiger partial charge on any atom is -0.373 e. The van der Waals surface area contributed by atoms with Crippen LogP contribution >= 0.6 is 0 Å². The van der Waals surface area contributed by atoms with Gasteiger partial charge in [-0.15, -0.1) is 0 Å². The minimum absolute atomic E-state index is 0.350. The van der Waals surface area contributed by atoms with Crippen molar-refractivity contribution >= 4 is 0 Å². The third kappa shape index (κ3) is 4.42. The van der Waals surface area contributed by atoms with Gasteiger partial charge in [-0.1, -0.05) is 27.4 Å². The van der Waals surface area contributed by atoms with E-state index in [1.807, 2.05) is 0 Å². The van der Waals surface area contributed by atoms with E-state index >= 15 is 0 Å². The van der Waals surface area contributed by atoms with E-state index in [1.165, 1.54) is 5.70 Å². The van der Waals surface area contributed by atoms with Crippen molar-refractivity contribution in [1.82, 2.24) is 4.90 Å². The molecule has 0 atom stereocenters. The summed E-state index contributed by atoms with van der Waals surface area (Å²) in [5.74, 6) is 0.